The highest BCUT2D eigenvalue weighted by Gasteiger charge is 2.19. The number of ether oxygens (including phenoxy) is 1. The molecule has 0 radical (unpaired) electrons. The highest BCUT2D eigenvalue weighted by molar-refractivity contribution is 9.10. The van der Waals surface area contributed by atoms with Crippen LogP contribution in [0.25, 0.3) is 0 Å². The minimum Gasteiger partial charge on any atom is -0.388 e. The third-order valence-corrected chi connectivity index (χ3v) is 5.58. The van der Waals surface area contributed by atoms with Gasteiger partial charge in [0.15, 0.2) is 0 Å². The molecule has 0 saturated carbocycles. The van der Waals surface area contributed by atoms with Gasteiger partial charge in [-0.05, 0) is 35.1 Å². The summed E-state index contributed by atoms with van der Waals surface area (Å²) in [6, 6.07) is 6.68. The number of piperazine rings is 1. The van der Waals surface area contributed by atoms with Crippen LogP contribution in [0.2, 0.25) is 5.02 Å². The number of carbonyl (C=O) groups excluding carboxylic acids is 2. The van der Waals surface area contributed by atoms with Crippen molar-refractivity contribution in [3.8, 4) is 5.88 Å². The zero-order valence-electron chi connectivity index (χ0n) is 15.9. The first-order valence-electron chi connectivity index (χ1n) is 9.10. The van der Waals surface area contributed by atoms with E-state index in [9.17, 15) is 9.59 Å². The SMILES string of the molecule is CN1CCN(CCNC(=O)Oc2n[nH]c(NC(=O)c3ccccc3Cl)c2Br)CC1. The molecule has 2 aromatic rings. The van der Waals surface area contributed by atoms with Crippen LogP contribution in [0.3, 0.4) is 0 Å². The van der Waals surface area contributed by atoms with E-state index in [1.54, 1.807) is 24.3 Å². The zero-order valence-corrected chi connectivity index (χ0v) is 18.2. The Hall–Kier alpha value is -2.14. The monoisotopic (exact) mass is 484 g/mol. The molecule has 1 saturated heterocycles. The van der Waals surface area contributed by atoms with E-state index in [1.807, 2.05) is 0 Å². The molecule has 1 aromatic carbocycles. The summed E-state index contributed by atoms with van der Waals surface area (Å²) >= 11 is 9.31. The number of benzene rings is 1. The van der Waals surface area contributed by atoms with E-state index in [4.69, 9.17) is 16.3 Å². The van der Waals surface area contributed by atoms with E-state index >= 15 is 0 Å². The minimum atomic E-state index is -0.615. The molecule has 1 aliphatic rings. The molecule has 1 fully saturated rings. The number of anilines is 1. The fourth-order valence-corrected chi connectivity index (χ4v) is 3.38. The van der Waals surface area contributed by atoms with Gasteiger partial charge in [-0.3, -0.25) is 14.8 Å². The lowest BCUT2D eigenvalue weighted by Crippen LogP contribution is -2.47. The number of hydrogen-bond donors (Lipinski definition) is 3. The van der Waals surface area contributed by atoms with Crippen LogP contribution in [0.4, 0.5) is 10.6 Å². The smallest absolute Gasteiger partial charge is 0.388 e. The lowest BCUT2D eigenvalue weighted by molar-refractivity contribution is 0.102. The minimum absolute atomic E-state index is 0.0246. The lowest BCUT2D eigenvalue weighted by atomic mass is 10.2. The number of aromatic amines is 1. The van der Waals surface area contributed by atoms with E-state index in [0.29, 0.717) is 21.6 Å². The van der Waals surface area contributed by atoms with Crippen LogP contribution in [-0.2, 0) is 0 Å². The van der Waals surface area contributed by atoms with Gasteiger partial charge in [-0.25, -0.2) is 4.79 Å². The summed E-state index contributed by atoms with van der Waals surface area (Å²) < 4.78 is 5.53. The second-order valence-electron chi connectivity index (χ2n) is 6.61. The lowest BCUT2D eigenvalue weighted by Gasteiger charge is -2.32. The number of nitrogens with zero attached hydrogens (tertiary/aromatic N) is 3. The summed E-state index contributed by atoms with van der Waals surface area (Å²) in [5, 5.41) is 12.2. The Bertz CT molecular complexity index is 869. The highest BCUT2D eigenvalue weighted by atomic mass is 79.9. The molecule has 9 nitrogen and oxygen atoms in total. The van der Waals surface area contributed by atoms with Gasteiger partial charge in [-0.1, -0.05) is 23.7 Å². The van der Waals surface area contributed by atoms with Crippen molar-refractivity contribution in [2.75, 3.05) is 51.6 Å². The van der Waals surface area contributed by atoms with Crippen molar-refractivity contribution in [3.63, 3.8) is 0 Å². The Morgan fingerprint density at radius 1 is 1.28 bits per heavy atom. The standard InChI is InChI=1S/C18H22BrClN6O3/c1-25-8-10-26(11-9-25)7-6-21-18(28)29-17-14(19)15(23-24-17)22-16(27)12-4-2-3-5-13(12)20/h2-5H,6-11H2,1H3,(H,21,28)(H2,22,23,24,27). The molecule has 11 heteroatoms. The summed E-state index contributed by atoms with van der Waals surface area (Å²) in [7, 11) is 2.10. The van der Waals surface area contributed by atoms with E-state index in [1.165, 1.54) is 0 Å². The second kappa shape index (κ2) is 10.1. The molecule has 29 heavy (non-hydrogen) atoms. The average Bonchev–Trinajstić information content (AvgIpc) is 3.03. The first kappa shape index (κ1) is 21.6. The van der Waals surface area contributed by atoms with Crippen LogP contribution < -0.4 is 15.4 Å². The summed E-state index contributed by atoms with van der Waals surface area (Å²) in [5.74, 6) is -0.130. The first-order chi connectivity index (χ1) is 13.9. The molecule has 0 unspecified atom stereocenters. The van der Waals surface area contributed by atoms with Crippen LogP contribution in [0.1, 0.15) is 10.4 Å². The number of carbonyl (C=O) groups is 2. The average molecular weight is 486 g/mol. The molecule has 3 rings (SSSR count). The van der Waals surface area contributed by atoms with Crippen LogP contribution in [0.15, 0.2) is 28.7 Å². The Balaban J connectivity index is 1.48. The molecule has 0 atom stereocenters. The van der Waals surface area contributed by atoms with Gasteiger partial charge >= 0.3 is 6.09 Å². The summed E-state index contributed by atoms with van der Waals surface area (Å²) in [6.07, 6.45) is -0.615. The van der Waals surface area contributed by atoms with E-state index in [2.05, 4.69) is 53.6 Å². The van der Waals surface area contributed by atoms with Gasteiger partial charge in [0.25, 0.3) is 11.8 Å². The van der Waals surface area contributed by atoms with Gasteiger partial charge in [-0.2, -0.15) is 0 Å². The third kappa shape index (κ3) is 5.92. The molecular formula is C18H22BrClN6O3. The fourth-order valence-electron chi connectivity index (χ4n) is 2.80. The van der Waals surface area contributed by atoms with Crippen LogP contribution >= 0.6 is 27.5 Å². The quantitative estimate of drug-likeness (QED) is 0.581. The molecule has 156 valence electrons. The Morgan fingerprint density at radius 2 is 2.00 bits per heavy atom. The maximum atomic E-state index is 12.3. The van der Waals surface area contributed by atoms with Crippen LogP contribution in [0, 0.1) is 0 Å². The van der Waals surface area contributed by atoms with Crippen molar-refractivity contribution in [1.29, 1.82) is 0 Å². The molecular weight excluding hydrogens is 464 g/mol. The number of likely N-dealkylation sites (N-methyl/N-ethyl adjacent to an activating group) is 1. The number of aromatic nitrogens is 2. The highest BCUT2D eigenvalue weighted by Crippen LogP contribution is 2.30. The van der Waals surface area contributed by atoms with Gasteiger partial charge in [0.2, 0.25) is 0 Å². The summed E-state index contributed by atoms with van der Waals surface area (Å²) in [5.41, 5.74) is 0.319. The predicted octanol–water partition coefficient (Wildman–Crippen LogP) is 2.41. The summed E-state index contributed by atoms with van der Waals surface area (Å²) in [4.78, 5) is 28.9. The van der Waals surface area contributed by atoms with Gasteiger partial charge in [0, 0.05) is 39.3 Å². The number of halogens is 2. The predicted molar refractivity (Wildman–Crippen MR) is 114 cm³/mol. The topological polar surface area (TPSA) is 103 Å². The second-order valence-corrected chi connectivity index (χ2v) is 7.81. The normalized spacial score (nSPS) is 15.1. The van der Waals surface area contributed by atoms with Crippen molar-refractivity contribution in [3.05, 3.63) is 39.3 Å². The molecule has 1 aliphatic heterocycles. The van der Waals surface area contributed by atoms with Gasteiger partial charge in [0.1, 0.15) is 10.3 Å². The number of rotatable bonds is 6. The van der Waals surface area contributed by atoms with Crippen molar-refractivity contribution >= 4 is 45.3 Å². The molecule has 0 bridgehead atoms. The van der Waals surface area contributed by atoms with Crippen molar-refractivity contribution in [2.45, 2.75) is 0 Å². The van der Waals surface area contributed by atoms with Crippen molar-refractivity contribution in [1.82, 2.24) is 25.3 Å². The fraction of sp³-hybridized carbons (Fsp3) is 0.389. The summed E-state index contributed by atoms with van der Waals surface area (Å²) in [6.45, 7) is 5.23. The molecule has 2 amide bonds. The van der Waals surface area contributed by atoms with Crippen molar-refractivity contribution < 1.29 is 14.3 Å². The van der Waals surface area contributed by atoms with E-state index < -0.39 is 12.0 Å². The molecule has 1 aromatic heterocycles. The van der Waals surface area contributed by atoms with E-state index in [0.717, 1.165) is 32.7 Å². The number of amides is 2. The van der Waals surface area contributed by atoms with Crippen LogP contribution in [0.5, 0.6) is 5.88 Å². The van der Waals surface area contributed by atoms with Crippen molar-refractivity contribution in [2.24, 2.45) is 0 Å². The van der Waals surface area contributed by atoms with Gasteiger partial charge < -0.3 is 20.3 Å². The Kier molecular flexibility index (Phi) is 7.48. The Morgan fingerprint density at radius 3 is 2.72 bits per heavy atom. The van der Waals surface area contributed by atoms with E-state index in [-0.39, 0.29) is 11.7 Å². The largest absolute Gasteiger partial charge is 0.414 e. The molecule has 0 spiro atoms. The number of H-pyrrole nitrogens is 1. The number of nitrogens with one attached hydrogen (secondary N) is 3. The van der Waals surface area contributed by atoms with Gasteiger partial charge in [0.05, 0.1) is 10.6 Å². The molecule has 3 N–H and O–H groups in total. The maximum Gasteiger partial charge on any atom is 0.414 e. The van der Waals surface area contributed by atoms with Gasteiger partial charge in [-0.15, -0.1) is 5.10 Å². The molecule has 2 heterocycles. The molecule has 0 aliphatic carbocycles. The zero-order chi connectivity index (χ0) is 20.8. The van der Waals surface area contributed by atoms with Crippen LogP contribution in [-0.4, -0.2) is 78.3 Å². The first-order valence-corrected chi connectivity index (χ1v) is 10.3. The number of hydrogen-bond acceptors (Lipinski definition) is 6. The maximum absolute atomic E-state index is 12.3. The Labute approximate surface area is 181 Å². The third-order valence-electron chi connectivity index (χ3n) is 4.52.